The van der Waals surface area contributed by atoms with Gasteiger partial charge in [0, 0.05) is 30.2 Å². The fourth-order valence-electron chi connectivity index (χ4n) is 2.97. The highest BCUT2D eigenvalue weighted by molar-refractivity contribution is 7.89. The van der Waals surface area contributed by atoms with Crippen molar-refractivity contribution < 1.29 is 26.7 Å². The van der Waals surface area contributed by atoms with Gasteiger partial charge in [-0.2, -0.15) is 0 Å². The SMILES string of the molecule is CCS(=O)(=O)N[C@@H]1CCOC[C@H]1COc1ccc(-c2ncc(F)cc2F)cc1. The van der Waals surface area contributed by atoms with E-state index in [1.165, 1.54) is 0 Å². The second-order valence-electron chi connectivity index (χ2n) is 6.57. The Morgan fingerprint density at radius 3 is 2.71 bits per heavy atom. The van der Waals surface area contributed by atoms with Gasteiger partial charge in [0.05, 0.1) is 25.2 Å². The average molecular weight is 412 g/mol. The van der Waals surface area contributed by atoms with Crippen LogP contribution in [-0.4, -0.2) is 45.0 Å². The lowest BCUT2D eigenvalue weighted by Gasteiger charge is -2.31. The first-order valence-corrected chi connectivity index (χ1v) is 10.6. The van der Waals surface area contributed by atoms with Gasteiger partial charge in [-0.3, -0.25) is 4.98 Å². The molecule has 0 bridgehead atoms. The van der Waals surface area contributed by atoms with Gasteiger partial charge in [-0.15, -0.1) is 0 Å². The van der Waals surface area contributed by atoms with Crippen molar-refractivity contribution in [2.45, 2.75) is 19.4 Å². The lowest BCUT2D eigenvalue weighted by molar-refractivity contribution is 0.0186. The van der Waals surface area contributed by atoms with Crippen LogP contribution in [0.2, 0.25) is 0 Å². The molecule has 1 saturated heterocycles. The molecule has 28 heavy (non-hydrogen) atoms. The summed E-state index contributed by atoms with van der Waals surface area (Å²) in [4.78, 5) is 3.78. The smallest absolute Gasteiger partial charge is 0.211 e. The molecule has 2 atom stereocenters. The van der Waals surface area contributed by atoms with Crippen LogP contribution in [0, 0.1) is 17.6 Å². The largest absolute Gasteiger partial charge is 0.493 e. The Kier molecular flexibility index (Phi) is 6.58. The van der Waals surface area contributed by atoms with Crippen molar-refractivity contribution >= 4 is 10.0 Å². The van der Waals surface area contributed by atoms with Gasteiger partial charge >= 0.3 is 0 Å². The van der Waals surface area contributed by atoms with Crippen molar-refractivity contribution in [2.24, 2.45) is 5.92 Å². The second-order valence-corrected chi connectivity index (χ2v) is 8.61. The Morgan fingerprint density at radius 1 is 1.29 bits per heavy atom. The Balaban J connectivity index is 1.63. The van der Waals surface area contributed by atoms with E-state index in [0.29, 0.717) is 30.9 Å². The lowest BCUT2D eigenvalue weighted by atomic mass is 9.98. The summed E-state index contributed by atoms with van der Waals surface area (Å²) in [5.41, 5.74) is 0.557. The monoisotopic (exact) mass is 412 g/mol. The molecular formula is C19H22F2N2O4S. The molecule has 0 amide bonds. The topological polar surface area (TPSA) is 77.5 Å². The van der Waals surface area contributed by atoms with Gasteiger partial charge < -0.3 is 9.47 Å². The minimum Gasteiger partial charge on any atom is -0.493 e. The molecule has 1 fully saturated rings. The summed E-state index contributed by atoms with van der Waals surface area (Å²) >= 11 is 0. The molecule has 0 aliphatic carbocycles. The normalized spacial score (nSPS) is 20.1. The molecule has 2 heterocycles. The predicted molar refractivity (Wildman–Crippen MR) is 100 cm³/mol. The number of nitrogens with zero attached hydrogens (tertiary/aromatic N) is 1. The van der Waals surface area contributed by atoms with E-state index in [-0.39, 0.29) is 30.0 Å². The molecule has 1 aliphatic heterocycles. The maximum atomic E-state index is 13.8. The first-order valence-electron chi connectivity index (χ1n) is 9.00. The molecule has 6 nitrogen and oxygen atoms in total. The van der Waals surface area contributed by atoms with Crippen LogP contribution in [0.3, 0.4) is 0 Å². The third-order valence-electron chi connectivity index (χ3n) is 4.58. The first kappa shape index (κ1) is 20.6. The summed E-state index contributed by atoms with van der Waals surface area (Å²) in [6.07, 6.45) is 1.55. The summed E-state index contributed by atoms with van der Waals surface area (Å²) in [7, 11) is -3.31. The molecule has 1 aliphatic rings. The molecule has 1 aromatic carbocycles. The summed E-state index contributed by atoms with van der Waals surface area (Å²) in [5.74, 6) is -1.02. The van der Waals surface area contributed by atoms with Crippen LogP contribution in [0.4, 0.5) is 8.78 Å². The molecule has 1 aromatic heterocycles. The standard InChI is InChI=1S/C19H22F2N2O4S/c1-2-28(24,25)23-18-7-8-26-11-14(18)12-27-16-5-3-13(4-6-16)19-17(21)9-15(20)10-22-19/h3-6,9-10,14,18,23H,2,7-8,11-12H2,1H3/t14-,18+/m0/s1. The van der Waals surface area contributed by atoms with Gasteiger partial charge in [-0.05, 0) is 37.6 Å². The Labute approximate surface area is 162 Å². The number of aromatic nitrogens is 1. The van der Waals surface area contributed by atoms with E-state index in [2.05, 4.69) is 9.71 Å². The fraction of sp³-hybridized carbons (Fsp3) is 0.421. The van der Waals surface area contributed by atoms with Crippen molar-refractivity contribution in [3.8, 4) is 17.0 Å². The Bertz CT molecular complexity index is 907. The highest BCUT2D eigenvalue weighted by Crippen LogP contribution is 2.24. The quantitative estimate of drug-likeness (QED) is 0.757. The highest BCUT2D eigenvalue weighted by Gasteiger charge is 2.29. The number of sulfonamides is 1. The third-order valence-corrected chi connectivity index (χ3v) is 6.01. The number of benzene rings is 1. The van der Waals surface area contributed by atoms with E-state index in [9.17, 15) is 17.2 Å². The maximum Gasteiger partial charge on any atom is 0.211 e. The van der Waals surface area contributed by atoms with E-state index in [4.69, 9.17) is 9.47 Å². The first-order chi connectivity index (χ1) is 13.4. The molecule has 0 saturated carbocycles. The Morgan fingerprint density at radius 2 is 2.04 bits per heavy atom. The minimum absolute atomic E-state index is 0.0212. The molecule has 0 spiro atoms. The van der Waals surface area contributed by atoms with Gasteiger partial charge in [0.2, 0.25) is 10.0 Å². The molecule has 0 unspecified atom stereocenters. The van der Waals surface area contributed by atoms with E-state index < -0.39 is 21.7 Å². The fourth-order valence-corrected chi connectivity index (χ4v) is 3.91. The van der Waals surface area contributed by atoms with E-state index >= 15 is 0 Å². The van der Waals surface area contributed by atoms with Crippen LogP contribution in [-0.2, 0) is 14.8 Å². The zero-order valence-corrected chi connectivity index (χ0v) is 16.2. The van der Waals surface area contributed by atoms with Crippen LogP contribution in [0.5, 0.6) is 5.75 Å². The predicted octanol–water partition coefficient (Wildman–Crippen LogP) is 2.75. The second kappa shape index (κ2) is 8.93. The number of hydrogen-bond donors (Lipinski definition) is 1. The van der Waals surface area contributed by atoms with Crippen molar-refractivity contribution in [3.05, 3.63) is 48.2 Å². The molecule has 1 N–H and O–H groups in total. The van der Waals surface area contributed by atoms with Gasteiger partial charge in [0.1, 0.15) is 17.3 Å². The van der Waals surface area contributed by atoms with Gasteiger partial charge in [0.15, 0.2) is 5.82 Å². The number of halogens is 2. The third kappa shape index (κ3) is 5.24. The van der Waals surface area contributed by atoms with Gasteiger partial charge in [-0.1, -0.05) is 0 Å². The summed E-state index contributed by atoms with van der Waals surface area (Å²) in [5, 5.41) is 0. The maximum absolute atomic E-state index is 13.8. The van der Waals surface area contributed by atoms with E-state index in [1.54, 1.807) is 31.2 Å². The van der Waals surface area contributed by atoms with Crippen molar-refractivity contribution in [2.75, 3.05) is 25.6 Å². The summed E-state index contributed by atoms with van der Waals surface area (Å²) < 4.78 is 64.5. The molecule has 9 heteroatoms. The van der Waals surface area contributed by atoms with Crippen molar-refractivity contribution in [1.82, 2.24) is 9.71 Å². The molecule has 2 aromatic rings. The number of pyridine rings is 1. The molecule has 0 radical (unpaired) electrons. The van der Waals surface area contributed by atoms with Gasteiger partial charge in [-0.25, -0.2) is 21.9 Å². The summed E-state index contributed by atoms with van der Waals surface area (Å²) in [6.45, 7) is 2.77. The lowest BCUT2D eigenvalue weighted by Crippen LogP contribution is -2.47. The highest BCUT2D eigenvalue weighted by atomic mass is 32.2. The van der Waals surface area contributed by atoms with E-state index in [0.717, 1.165) is 12.3 Å². The molecular weight excluding hydrogens is 390 g/mol. The van der Waals surface area contributed by atoms with Crippen molar-refractivity contribution in [3.63, 3.8) is 0 Å². The van der Waals surface area contributed by atoms with Crippen LogP contribution < -0.4 is 9.46 Å². The van der Waals surface area contributed by atoms with Crippen LogP contribution in [0.15, 0.2) is 36.5 Å². The number of ether oxygens (including phenoxy) is 2. The van der Waals surface area contributed by atoms with Gasteiger partial charge in [0.25, 0.3) is 0 Å². The number of hydrogen-bond acceptors (Lipinski definition) is 5. The number of nitrogens with one attached hydrogen (secondary N) is 1. The summed E-state index contributed by atoms with van der Waals surface area (Å²) in [6, 6.07) is 7.13. The van der Waals surface area contributed by atoms with Crippen LogP contribution in [0.1, 0.15) is 13.3 Å². The average Bonchev–Trinajstić information content (AvgIpc) is 2.68. The minimum atomic E-state index is -3.31. The molecule has 3 rings (SSSR count). The van der Waals surface area contributed by atoms with Crippen LogP contribution >= 0.6 is 0 Å². The van der Waals surface area contributed by atoms with Crippen LogP contribution in [0.25, 0.3) is 11.3 Å². The zero-order chi connectivity index (χ0) is 20.1. The number of rotatable bonds is 7. The molecule has 152 valence electrons. The van der Waals surface area contributed by atoms with Crippen molar-refractivity contribution in [1.29, 1.82) is 0 Å². The Hall–Kier alpha value is -2.10. The zero-order valence-electron chi connectivity index (χ0n) is 15.4. The van der Waals surface area contributed by atoms with E-state index in [1.807, 2.05) is 0 Å².